The highest BCUT2D eigenvalue weighted by Crippen LogP contribution is 2.07. The molecule has 0 aliphatic heterocycles. The maximum absolute atomic E-state index is 11.9. The molecule has 16 heavy (non-hydrogen) atoms. The predicted molar refractivity (Wildman–Crippen MR) is 65.7 cm³/mol. The van der Waals surface area contributed by atoms with E-state index in [0.717, 1.165) is 25.1 Å². The third kappa shape index (κ3) is 3.22. The zero-order chi connectivity index (χ0) is 12.0. The number of anilines is 1. The molecule has 88 valence electrons. The Kier molecular flexibility index (Phi) is 4.76. The summed E-state index contributed by atoms with van der Waals surface area (Å²) in [7, 11) is 3.64. The standard InChI is InChI=1S/C12H19N3O/c1-4-5-8-15(3)12(16)11-7-6-10(13-2)9-14-11/h6-7,9,13H,4-5,8H2,1-3H3. The zero-order valence-corrected chi connectivity index (χ0v) is 10.2. The van der Waals surface area contributed by atoms with Gasteiger partial charge < -0.3 is 10.2 Å². The van der Waals surface area contributed by atoms with Gasteiger partial charge in [0.2, 0.25) is 0 Å². The molecule has 1 amide bonds. The van der Waals surface area contributed by atoms with Crippen LogP contribution in [0.3, 0.4) is 0 Å². The van der Waals surface area contributed by atoms with Crippen LogP contribution in [0.5, 0.6) is 0 Å². The Morgan fingerprint density at radius 3 is 2.75 bits per heavy atom. The van der Waals surface area contributed by atoms with Gasteiger partial charge in [-0.2, -0.15) is 0 Å². The Morgan fingerprint density at radius 1 is 1.50 bits per heavy atom. The minimum atomic E-state index is -0.0175. The summed E-state index contributed by atoms with van der Waals surface area (Å²) in [5.74, 6) is -0.0175. The van der Waals surface area contributed by atoms with Crippen molar-refractivity contribution < 1.29 is 4.79 Å². The molecule has 1 rings (SSSR count). The minimum absolute atomic E-state index is 0.0175. The quantitative estimate of drug-likeness (QED) is 0.827. The van der Waals surface area contributed by atoms with Gasteiger partial charge in [-0.3, -0.25) is 4.79 Å². The van der Waals surface area contributed by atoms with E-state index in [1.165, 1.54) is 0 Å². The Morgan fingerprint density at radius 2 is 2.25 bits per heavy atom. The number of carbonyl (C=O) groups is 1. The van der Waals surface area contributed by atoms with Gasteiger partial charge in [0.05, 0.1) is 11.9 Å². The van der Waals surface area contributed by atoms with Gasteiger partial charge in [0.1, 0.15) is 5.69 Å². The number of nitrogens with one attached hydrogen (secondary N) is 1. The van der Waals surface area contributed by atoms with Gasteiger partial charge in [-0.05, 0) is 18.6 Å². The number of pyridine rings is 1. The third-order valence-corrected chi connectivity index (χ3v) is 2.47. The van der Waals surface area contributed by atoms with Crippen LogP contribution < -0.4 is 5.32 Å². The summed E-state index contributed by atoms with van der Waals surface area (Å²) in [5, 5.41) is 2.97. The summed E-state index contributed by atoms with van der Waals surface area (Å²) in [6.07, 6.45) is 3.78. The molecule has 1 aromatic rings. The Hall–Kier alpha value is -1.58. The molecule has 0 bridgehead atoms. The molecule has 0 aliphatic carbocycles. The number of hydrogen-bond donors (Lipinski definition) is 1. The molecule has 0 saturated carbocycles. The van der Waals surface area contributed by atoms with Crippen LogP contribution in [0.25, 0.3) is 0 Å². The van der Waals surface area contributed by atoms with Gasteiger partial charge in [-0.1, -0.05) is 13.3 Å². The van der Waals surface area contributed by atoms with Crippen molar-refractivity contribution >= 4 is 11.6 Å². The van der Waals surface area contributed by atoms with Gasteiger partial charge in [-0.15, -0.1) is 0 Å². The van der Waals surface area contributed by atoms with E-state index in [1.807, 2.05) is 20.2 Å². The van der Waals surface area contributed by atoms with Crippen LogP contribution in [0.1, 0.15) is 30.3 Å². The van der Waals surface area contributed by atoms with Crippen LogP contribution in [0.4, 0.5) is 5.69 Å². The molecular formula is C12H19N3O. The first-order valence-electron chi connectivity index (χ1n) is 5.58. The topological polar surface area (TPSA) is 45.2 Å². The molecule has 0 spiro atoms. The number of hydrogen-bond acceptors (Lipinski definition) is 3. The highest BCUT2D eigenvalue weighted by atomic mass is 16.2. The average molecular weight is 221 g/mol. The van der Waals surface area contributed by atoms with Gasteiger partial charge in [0.25, 0.3) is 5.91 Å². The molecule has 0 aliphatic rings. The van der Waals surface area contributed by atoms with Crippen LogP contribution in [-0.4, -0.2) is 36.4 Å². The second-order valence-electron chi connectivity index (χ2n) is 3.76. The first-order valence-corrected chi connectivity index (χ1v) is 5.58. The molecule has 1 N–H and O–H groups in total. The number of nitrogens with zero attached hydrogens (tertiary/aromatic N) is 2. The molecule has 0 atom stereocenters. The van der Waals surface area contributed by atoms with E-state index < -0.39 is 0 Å². The summed E-state index contributed by atoms with van der Waals surface area (Å²) in [5.41, 5.74) is 1.41. The van der Waals surface area contributed by atoms with E-state index in [2.05, 4.69) is 17.2 Å². The van der Waals surface area contributed by atoms with Crippen molar-refractivity contribution in [1.29, 1.82) is 0 Å². The van der Waals surface area contributed by atoms with Crippen molar-refractivity contribution in [1.82, 2.24) is 9.88 Å². The zero-order valence-electron chi connectivity index (χ0n) is 10.2. The second kappa shape index (κ2) is 6.10. The van der Waals surface area contributed by atoms with Crippen molar-refractivity contribution in [3.05, 3.63) is 24.0 Å². The van der Waals surface area contributed by atoms with Gasteiger partial charge in [0, 0.05) is 20.6 Å². The lowest BCUT2D eigenvalue weighted by atomic mass is 10.2. The summed E-state index contributed by atoms with van der Waals surface area (Å²) in [6, 6.07) is 3.60. The fourth-order valence-electron chi connectivity index (χ4n) is 1.36. The number of rotatable bonds is 5. The monoisotopic (exact) mass is 221 g/mol. The van der Waals surface area contributed by atoms with Gasteiger partial charge in [0.15, 0.2) is 0 Å². The van der Waals surface area contributed by atoms with Gasteiger partial charge >= 0.3 is 0 Å². The van der Waals surface area contributed by atoms with Crippen LogP contribution in [0.2, 0.25) is 0 Å². The van der Waals surface area contributed by atoms with Crippen molar-refractivity contribution in [2.45, 2.75) is 19.8 Å². The largest absolute Gasteiger partial charge is 0.387 e. The lowest BCUT2D eigenvalue weighted by Gasteiger charge is -2.16. The Labute approximate surface area is 96.7 Å². The van der Waals surface area contributed by atoms with Crippen molar-refractivity contribution in [3.8, 4) is 0 Å². The summed E-state index contributed by atoms with van der Waals surface area (Å²) in [6.45, 7) is 2.89. The lowest BCUT2D eigenvalue weighted by Crippen LogP contribution is -2.28. The van der Waals surface area contributed by atoms with E-state index in [9.17, 15) is 4.79 Å². The molecule has 4 heteroatoms. The van der Waals surface area contributed by atoms with Crippen molar-refractivity contribution in [2.24, 2.45) is 0 Å². The summed E-state index contributed by atoms with van der Waals surface area (Å²) >= 11 is 0. The number of amides is 1. The molecule has 1 heterocycles. The molecule has 0 unspecified atom stereocenters. The normalized spacial score (nSPS) is 9.94. The molecule has 0 fully saturated rings. The Bertz CT molecular complexity index is 335. The maximum Gasteiger partial charge on any atom is 0.272 e. The van der Waals surface area contributed by atoms with E-state index >= 15 is 0 Å². The molecule has 1 aromatic heterocycles. The summed E-state index contributed by atoms with van der Waals surface area (Å²) < 4.78 is 0. The molecule has 4 nitrogen and oxygen atoms in total. The number of aromatic nitrogens is 1. The van der Waals surface area contributed by atoms with E-state index in [4.69, 9.17) is 0 Å². The smallest absolute Gasteiger partial charge is 0.272 e. The van der Waals surface area contributed by atoms with Crippen molar-refractivity contribution in [2.75, 3.05) is 26.0 Å². The number of unbranched alkanes of at least 4 members (excludes halogenated alkanes) is 1. The lowest BCUT2D eigenvalue weighted by molar-refractivity contribution is 0.0787. The fraction of sp³-hybridized carbons (Fsp3) is 0.500. The first kappa shape index (κ1) is 12.5. The number of carbonyl (C=O) groups excluding carboxylic acids is 1. The first-order chi connectivity index (χ1) is 7.69. The molecule has 0 radical (unpaired) electrons. The highest BCUT2D eigenvalue weighted by molar-refractivity contribution is 5.92. The molecular weight excluding hydrogens is 202 g/mol. The predicted octanol–water partition coefficient (Wildman–Crippen LogP) is 2.00. The van der Waals surface area contributed by atoms with E-state index in [-0.39, 0.29) is 5.91 Å². The van der Waals surface area contributed by atoms with Crippen LogP contribution in [0.15, 0.2) is 18.3 Å². The summed E-state index contributed by atoms with van der Waals surface area (Å²) in [4.78, 5) is 17.7. The van der Waals surface area contributed by atoms with Gasteiger partial charge in [-0.25, -0.2) is 4.98 Å². The minimum Gasteiger partial charge on any atom is -0.387 e. The van der Waals surface area contributed by atoms with Crippen LogP contribution >= 0.6 is 0 Å². The average Bonchev–Trinajstić information content (AvgIpc) is 2.35. The fourth-order valence-corrected chi connectivity index (χ4v) is 1.36. The van der Waals surface area contributed by atoms with Crippen LogP contribution in [-0.2, 0) is 0 Å². The van der Waals surface area contributed by atoms with E-state index in [0.29, 0.717) is 5.69 Å². The maximum atomic E-state index is 11.9. The van der Waals surface area contributed by atoms with Crippen LogP contribution in [0, 0.1) is 0 Å². The second-order valence-corrected chi connectivity index (χ2v) is 3.76. The van der Waals surface area contributed by atoms with E-state index in [1.54, 1.807) is 17.2 Å². The van der Waals surface area contributed by atoms with Crippen molar-refractivity contribution in [3.63, 3.8) is 0 Å². The Balaban J connectivity index is 2.64. The molecule has 0 saturated heterocycles. The molecule has 0 aromatic carbocycles. The third-order valence-electron chi connectivity index (χ3n) is 2.47. The highest BCUT2D eigenvalue weighted by Gasteiger charge is 2.11. The SMILES string of the molecule is CCCCN(C)C(=O)c1ccc(NC)cn1.